The topological polar surface area (TPSA) is 67.4 Å². The summed E-state index contributed by atoms with van der Waals surface area (Å²) < 4.78 is 5.40. The highest BCUT2D eigenvalue weighted by Gasteiger charge is 2.29. The molecule has 1 aliphatic rings. The largest absolute Gasteiger partial charge is 0.444 e. The molecule has 2 heterocycles. The minimum atomic E-state index is -0.459. The Kier molecular flexibility index (Phi) is 5.97. The average Bonchev–Trinajstić information content (AvgIpc) is 2.91. The van der Waals surface area contributed by atoms with Crippen LogP contribution in [0.2, 0.25) is 5.15 Å². The number of nitrogens with zero attached hydrogens (tertiary/aromatic N) is 3. The summed E-state index contributed by atoms with van der Waals surface area (Å²) in [6, 6.07) is 1.71. The van der Waals surface area contributed by atoms with E-state index in [1.165, 1.54) is 11.8 Å². The number of thioether (sulfide) groups is 1. The number of ether oxygens (including phenoxy) is 1. The Morgan fingerprint density at radius 3 is 2.91 bits per heavy atom. The third-order valence-electron chi connectivity index (χ3n) is 3.37. The van der Waals surface area contributed by atoms with Gasteiger partial charge in [-0.05, 0) is 39.4 Å². The molecule has 1 saturated heterocycles. The Balaban J connectivity index is 1.84. The highest BCUT2D eigenvalue weighted by molar-refractivity contribution is 7.98. The average molecular weight is 359 g/mol. The van der Waals surface area contributed by atoms with Crippen molar-refractivity contribution in [2.45, 2.75) is 37.9 Å². The summed E-state index contributed by atoms with van der Waals surface area (Å²) in [4.78, 5) is 22.3. The summed E-state index contributed by atoms with van der Waals surface area (Å²) in [5.41, 5.74) is -0.459. The molecule has 1 aromatic heterocycles. The molecule has 0 bridgehead atoms. The van der Waals surface area contributed by atoms with Gasteiger partial charge in [-0.15, -0.1) is 0 Å². The summed E-state index contributed by atoms with van der Waals surface area (Å²) in [6.07, 6.45) is 2.61. The molecule has 1 amide bonds. The summed E-state index contributed by atoms with van der Waals surface area (Å²) in [5.74, 6) is 1.08. The van der Waals surface area contributed by atoms with Crippen LogP contribution in [0.3, 0.4) is 0 Å². The van der Waals surface area contributed by atoms with E-state index in [0.717, 1.165) is 19.5 Å². The van der Waals surface area contributed by atoms with Crippen molar-refractivity contribution < 1.29 is 9.53 Å². The third kappa shape index (κ3) is 5.73. The molecule has 2 rings (SSSR count). The Morgan fingerprint density at radius 2 is 2.26 bits per heavy atom. The van der Waals surface area contributed by atoms with Crippen molar-refractivity contribution in [3.63, 3.8) is 0 Å². The second kappa shape index (κ2) is 7.57. The highest BCUT2D eigenvalue weighted by atomic mass is 35.5. The van der Waals surface area contributed by atoms with E-state index in [4.69, 9.17) is 16.3 Å². The van der Waals surface area contributed by atoms with Gasteiger partial charge in [0.2, 0.25) is 0 Å². The Labute approximate surface area is 146 Å². The second-order valence-electron chi connectivity index (χ2n) is 6.52. The SMILES string of the molecule is CSc1nc(Cl)cc(NCC2CCN(C(=O)OC(C)(C)C)C2)n1. The number of likely N-dealkylation sites (tertiary alicyclic amines) is 1. The van der Waals surface area contributed by atoms with Crippen LogP contribution in [0, 0.1) is 5.92 Å². The molecule has 0 aliphatic carbocycles. The van der Waals surface area contributed by atoms with Gasteiger partial charge >= 0.3 is 6.09 Å². The number of aromatic nitrogens is 2. The maximum atomic E-state index is 12.1. The van der Waals surface area contributed by atoms with Crippen molar-refractivity contribution in [3.05, 3.63) is 11.2 Å². The fourth-order valence-corrected chi connectivity index (χ4v) is 2.93. The molecule has 1 N–H and O–H groups in total. The van der Waals surface area contributed by atoms with E-state index in [0.29, 0.717) is 28.6 Å². The van der Waals surface area contributed by atoms with E-state index in [1.54, 1.807) is 11.0 Å². The molecule has 1 atom stereocenters. The van der Waals surface area contributed by atoms with Gasteiger partial charge in [0.05, 0.1) is 0 Å². The molecule has 1 unspecified atom stereocenters. The van der Waals surface area contributed by atoms with Crippen LogP contribution < -0.4 is 5.32 Å². The van der Waals surface area contributed by atoms with Gasteiger partial charge < -0.3 is 15.0 Å². The molecular formula is C15H23ClN4O2S. The third-order valence-corrected chi connectivity index (χ3v) is 4.11. The maximum Gasteiger partial charge on any atom is 0.410 e. The Bertz CT molecular complexity index is 565. The minimum absolute atomic E-state index is 0.241. The number of halogens is 1. The number of hydrogen-bond acceptors (Lipinski definition) is 6. The van der Waals surface area contributed by atoms with Gasteiger partial charge in [0.15, 0.2) is 5.16 Å². The van der Waals surface area contributed by atoms with Crippen molar-refractivity contribution in [3.8, 4) is 0 Å². The van der Waals surface area contributed by atoms with Crippen LogP contribution in [0.1, 0.15) is 27.2 Å². The normalized spacial score (nSPS) is 18.1. The van der Waals surface area contributed by atoms with Gasteiger partial charge in [0, 0.05) is 25.7 Å². The zero-order chi connectivity index (χ0) is 17.0. The number of carbonyl (C=O) groups is 1. The fourth-order valence-electron chi connectivity index (χ4n) is 2.32. The molecule has 1 aliphatic heterocycles. The molecule has 0 radical (unpaired) electrons. The molecule has 0 spiro atoms. The van der Waals surface area contributed by atoms with Crippen LogP contribution in [0.15, 0.2) is 11.2 Å². The molecule has 1 fully saturated rings. The van der Waals surface area contributed by atoms with Crippen LogP contribution >= 0.6 is 23.4 Å². The fraction of sp³-hybridized carbons (Fsp3) is 0.667. The van der Waals surface area contributed by atoms with Gasteiger partial charge in [-0.1, -0.05) is 23.4 Å². The van der Waals surface area contributed by atoms with Crippen molar-refractivity contribution in [1.29, 1.82) is 0 Å². The Morgan fingerprint density at radius 1 is 1.52 bits per heavy atom. The number of hydrogen-bond donors (Lipinski definition) is 1. The van der Waals surface area contributed by atoms with Crippen molar-refractivity contribution in [2.75, 3.05) is 31.2 Å². The first kappa shape index (κ1) is 18.1. The van der Waals surface area contributed by atoms with E-state index in [9.17, 15) is 4.79 Å². The lowest BCUT2D eigenvalue weighted by atomic mass is 10.1. The summed E-state index contributed by atoms with van der Waals surface area (Å²) in [7, 11) is 0. The van der Waals surface area contributed by atoms with Crippen LogP contribution in [0.25, 0.3) is 0 Å². The molecule has 23 heavy (non-hydrogen) atoms. The van der Waals surface area contributed by atoms with E-state index < -0.39 is 5.60 Å². The van der Waals surface area contributed by atoms with E-state index in [2.05, 4.69) is 15.3 Å². The second-order valence-corrected chi connectivity index (χ2v) is 7.69. The number of amides is 1. The lowest BCUT2D eigenvalue weighted by Gasteiger charge is -2.24. The lowest BCUT2D eigenvalue weighted by molar-refractivity contribution is 0.0289. The highest BCUT2D eigenvalue weighted by Crippen LogP contribution is 2.21. The maximum absolute atomic E-state index is 12.1. The molecule has 6 nitrogen and oxygen atoms in total. The molecule has 0 aromatic carbocycles. The lowest BCUT2D eigenvalue weighted by Crippen LogP contribution is -2.35. The smallest absolute Gasteiger partial charge is 0.410 e. The van der Waals surface area contributed by atoms with Gasteiger partial charge in [0.25, 0.3) is 0 Å². The van der Waals surface area contributed by atoms with Crippen molar-refractivity contribution >= 4 is 35.3 Å². The van der Waals surface area contributed by atoms with Gasteiger partial charge in [-0.25, -0.2) is 14.8 Å². The van der Waals surface area contributed by atoms with Gasteiger partial charge in [0.1, 0.15) is 16.6 Å². The molecular weight excluding hydrogens is 336 g/mol. The summed E-state index contributed by atoms with van der Waals surface area (Å²) in [6.45, 7) is 7.78. The molecule has 1 aromatic rings. The van der Waals surface area contributed by atoms with Gasteiger partial charge in [-0.3, -0.25) is 0 Å². The van der Waals surface area contributed by atoms with E-state index >= 15 is 0 Å². The predicted octanol–water partition coefficient (Wildman–Crippen LogP) is 3.52. The monoisotopic (exact) mass is 358 g/mol. The summed E-state index contributed by atoms with van der Waals surface area (Å²) >= 11 is 7.43. The van der Waals surface area contributed by atoms with Crippen LogP contribution in [0.5, 0.6) is 0 Å². The van der Waals surface area contributed by atoms with Crippen LogP contribution in [-0.4, -0.2) is 52.5 Å². The molecule has 128 valence electrons. The first-order chi connectivity index (χ1) is 10.8. The van der Waals surface area contributed by atoms with Crippen molar-refractivity contribution in [2.24, 2.45) is 5.92 Å². The van der Waals surface area contributed by atoms with Gasteiger partial charge in [-0.2, -0.15) is 0 Å². The quantitative estimate of drug-likeness (QED) is 0.504. The predicted molar refractivity (Wildman–Crippen MR) is 93.2 cm³/mol. The first-order valence-corrected chi connectivity index (χ1v) is 9.17. The van der Waals surface area contributed by atoms with E-state index in [-0.39, 0.29) is 6.09 Å². The number of carbonyl (C=O) groups excluding carboxylic acids is 1. The zero-order valence-electron chi connectivity index (χ0n) is 13.9. The van der Waals surface area contributed by atoms with E-state index in [1.807, 2.05) is 27.0 Å². The standard InChI is InChI=1S/C15H23ClN4O2S/c1-15(2,3)22-14(21)20-6-5-10(9-20)8-17-12-7-11(16)18-13(19-12)23-4/h7,10H,5-6,8-9H2,1-4H3,(H,17,18,19). The summed E-state index contributed by atoms with van der Waals surface area (Å²) in [5, 5.41) is 4.35. The van der Waals surface area contributed by atoms with Crippen LogP contribution in [-0.2, 0) is 4.74 Å². The Hall–Kier alpha value is -1.21. The van der Waals surface area contributed by atoms with Crippen LogP contribution in [0.4, 0.5) is 10.6 Å². The zero-order valence-corrected chi connectivity index (χ0v) is 15.5. The van der Waals surface area contributed by atoms with Crippen molar-refractivity contribution in [1.82, 2.24) is 14.9 Å². The molecule has 0 saturated carbocycles. The number of rotatable bonds is 4. The number of nitrogens with one attached hydrogen (secondary N) is 1. The minimum Gasteiger partial charge on any atom is -0.444 e. The number of anilines is 1. The first-order valence-electron chi connectivity index (χ1n) is 7.57. The molecule has 8 heteroatoms.